The van der Waals surface area contributed by atoms with Crippen molar-refractivity contribution >= 4 is 0 Å². The molecule has 1 aliphatic rings. The Labute approximate surface area is 113 Å². The second kappa shape index (κ2) is 8.13. The molecule has 1 N–H and O–H groups in total. The zero-order valence-electron chi connectivity index (χ0n) is 12.8. The van der Waals surface area contributed by atoms with Crippen LogP contribution in [0.2, 0.25) is 0 Å². The number of nitrogens with one attached hydrogen (secondary N) is 1. The molecule has 0 spiro atoms. The number of nitrogens with zero attached hydrogens (tertiary/aromatic N) is 1. The summed E-state index contributed by atoms with van der Waals surface area (Å²) in [5.74, 6) is 0. The van der Waals surface area contributed by atoms with Crippen molar-refractivity contribution in [1.82, 2.24) is 10.2 Å². The van der Waals surface area contributed by atoms with Gasteiger partial charge in [0.2, 0.25) is 0 Å². The highest BCUT2D eigenvalue weighted by Crippen LogP contribution is 2.35. The summed E-state index contributed by atoms with van der Waals surface area (Å²) in [5, 5.41) is 3.42. The Balaban J connectivity index is 2.59. The molecule has 1 rings (SSSR count). The highest BCUT2D eigenvalue weighted by Gasteiger charge is 2.32. The molecule has 18 heavy (non-hydrogen) atoms. The van der Waals surface area contributed by atoms with Crippen molar-refractivity contribution in [3.8, 4) is 0 Å². The van der Waals surface area contributed by atoms with E-state index in [1.54, 1.807) is 7.11 Å². The lowest BCUT2D eigenvalue weighted by atomic mass is 9.79. The molecule has 1 fully saturated rings. The van der Waals surface area contributed by atoms with Crippen molar-refractivity contribution in [2.75, 3.05) is 40.9 Å². The first kappa shape index (κ1) is 15.9. The highest BCUT2D eigenvalue weighted by molar-refractivity contribution is 4.87. The molecule has 1 aliphatic carbocycles. The van der Waals surface area contributed by atoms with Crippen molar-refractivity contribution in [3.63, 3.8) is 0 Å². The molecule has 0 radical (unpaired) electrons. The van der Waals surface area contributed by atoms with Crippen LogP contribution >= 0.6 is 0 Å². The Hall–Kier alpha value is -0.120. The summed E-state index contributed by atoms with van der Waals surface area (Å²) in [4.78, 5) is 2.48. The molecule has 1 unspecified atom stereocenters. The average molecular weight is 256 g/mol. The molecule has 3 nitrogen and oxygen atoms in total. The van der Waals surface area contributed by atoms with Crippen LogP contribution in [0.25, 0.3) is 0 Å². The molecule has 0 aromatic heterocycles. The maximum absolute atomic E-state index is 5.27. The summed E-state index contributed by atoms with van der Waals surface area (Å²) < 4.78 is 5.27. The van der Waals surface area contributed by atoms with Gasteiger partial charge in [-0.25, -0.2) is 0 Å². The predicted octanol–water partition coefficient (Wildman–Crippen LogP) is 2.51. The summed E-state index contributed by atoms with van der Waals surface area (Å²) in [6.45, 7) is 5.43. The first-order valence-electron chi connectivity index (χ1n) is 7.47. The fourth-order valence-electron chi connectivity index (χ4n) is 3.30. The van der Waals surface area contributed by atoms with Gasteiger partial charge in [-0.3, -0.25) is 0 Å². The number of likely N-dealkylation sites (N-methyl/N-ethyl adjacent to an activating group) is 1. The van der Waals surface area contributed by atoms with Crippen LogP contribution in [0, 0.1) is 5.41 Å². The van der Waals surface area contributed by atoms with E-state index in [1.807, 2.05) is 0 Å². The van der Waals surface area contributed by atoms with E-state index in [0.717, 1.165) is 13.2 Å². The molecule has 0 amide bonds. The topological polar surface area (TPSA) is 24.5 Å². The number of rotatable bonds is 7. The Kier molecular flexibility index (Phi) is 7.20. The Morgan fingerprint density at radius 2 is 1.83 bits per heavy atom. The van der Waals surface area contributed by atoms with Gasteiger partial charge in [-0.15, -0.1) is 0 Å². The third kappa shape index (κ3) is 4.87. The van der Waals surface area contributed by atoms with Crippen LogP contribution in [0.4, 0.5) is 0 Å². The molecule has 0 aromatic rings. The van der Waals surface area contributed by atoms with E-state index in [0.29, 0.717) is 11.5 Å². The lowest BCUT2D eigenvalue weighted by molar-refractivity contribution is 0.0732. The third-order valence-electron chi connectivity index (χ3n) is 4.46. The van der Waals surface area contributed by atoms with E-state index in [-0.39, 0.29) is 0 Å². The van der Waals surface area contributed by atoms with Crippen molar-refractivity contribution in [2.24, 2.45) is 5.41 Å². The van der Waals surface area contributed by atoms with Gasteiger partial charge in [0.05, 0.1) is 6.61 Å². The van der Waals surface area contributed by atoms with Gasteiger partial charge in [-0.2, -0.15) is 0 Å². The van der Waals surface area contributed by atoms with E-state index in [4.69, 9.17) is 4.74 Å². The molecule has 0 aliphatic heterocycles. The Morgan fingerprint density at radius 3 is 2.33 bits per heavy atom. The molecular weight excluding hydrogens is 224 g/mol. The second-order valence-corrected chi connectivity index (χ2v) is 6.16. The molecule has 0 bridgehead atoms. The van der Waals surface area contributed by atoms with E-state index < -0.39 is 0 Å². The molecule has 0 saturated heterocycles. The van der Waals surface area contributed by atoms with Crippen molar-refractivity contribution in [1.29, 1.82) is 0 Å². The first-order chi connectivity index (χ1) is 8.63. The Bertz CT molecular complexity index is 213. The average Bonchev–Trinajstić information content (AvgIpc) is 2.56. The molecular formula is C15H32N2O. The summed E-state index contributed by atoms with van der Waals surface area (Å²) in [7, 11) is 6.12. The zero-order chi connectivity index (χ0) is 13.4. The van der Waals surface area contributed by atoms with E-state index in [9.17, 15) is 0 Å². The minimum atomic E-state index is 0.474. The molecule has 0 aromatic carbocycles. The van der Waals surface area contributed by atoms with Crippen LogP contribution in [-0.4, -0.2) is 51.8 Å². The van der Waals surface area contributed by atoms with Gasteiger partial charge in [-0.05, 0) is 39.3 Å². The quantitative estimate of drug-likeness (QED) is 0.708. The van der Waals surface area contributed by atoms with Crippen LogP contribution < -0.4 is 5.32 Å². The van der Waals surface area contributed by atoms with Crippen LogP contribution in [0.5, 0.6) is 0 Å². The smallest absolute Gasteiger partial charge is 0.0615 e. The van der Waals surface area contributed by atoms with Crippen molar-refractivity contribution in [2.45, 2.75) is 51.5 Å². The lowest BCUT2D eigenvalue weighted by Crippen LogP contribution is -2.45. The molecule has 0 heterocycles. The molecule has 1 saturated carbocycles. The molecule has 1 atom stereocenters. The zero-order valence-corrected chi connectivity index (χ0v) is 12.8. The van der Waals surface area contributed by atoms with Gasteiger partial charge in [0.25, 0.3) is 0 Å². The van der Waals surface area contributed by atoms with Crippen molar-refractivity contribution in [3.05, 3.63) is 0 Å². The van der Waals surface area contributed by atoms with Gasteiger partial charge in [0.1, 0.15) is 0 Å². The first-order valence-corrected chi connectivity index (χ1v) is 7.47. The number of hydrogen-bond acceptors (Lipinski definition) is 3. The number of hydrogen-bond donors (Lipinski definition) is 1. The summed E-state index contributed by atoms with van der Waals surface area (Å²) >= 11 is 0. The highest BCUT2D eigenvalue weighted by atomic mass is 16.5. The van der Waals surface area contributed by atoms with Gasteiger partial charge in [-0.1, -0.05) is 25.7 Å². The van der Waals surface area contributed by atoms with Crippen LogP contribution in [0.3, 0.4) is 0 Å². The monoisotopic (exact) mass is 256 g/mol. The summed E-state index contributed by atoms with van der Waals surface area (Å²) in [6.07, 6.45) is 8.38. The third-order valence-corrected chi connectivity index (χ3v) is 4.46. The summed E-state index contributed by atoms with van der Waals surface area (Å²) in [5.41, 5.74) is 0.474. The van der Waals surface area contributed by atoms with E-state index >= 15 is 0 Å². The number of ether oxygens (including phenoxy) is 1. The minimum Gasteiger partial charge on any atom is -0.383 e. The largest absolute Gasteiger partial charge is 0.383 e. The predicted molar refractivity (Wildman–Crippen MR) is 78.0 cm³/mol. The lowest BCUT2D eigenvalue weighted by Gasteiger charge is -2.38. The SMILES string of the molecule is CNCC1(CN(C)C(C)COC)CCCCCC1. The van der Waals surface area contributed by atoms with Crippen LogP contribution in [0.15, 0.2) is 0 Å². The van der Waals surface area contributed by atoms with E-state index in [2.05, 4.69) is 31.2 Å². The second-order valence-electron chi connectivity index (χ2n) is 6.16. The number of methoxy groups -OCH3 is 1. The normalized spacial score (nSPS) is 21.8. The maximum Gasteiger partial charge on any atom is 0.0615 e. The van der Waals surface area contributed by atoms with Gasteiger partial charge >= 0.3 is 0 Å². The van der Waals surface area contributed by atoms with Gasteiger partial charge in [0, 0.05) is 26.2 Å². The van der Waals surface area contributed by atoms with Crippen molar-refractivity contribution < 1.29 is 4.74 Å². The minimum absolute atomic E-state index is 0.474. The van der Waals surface area contributed by atoms with Crippen LogP contribution in [-0.2, 0) is 4.74 Å². The summed E-state index contributed by atoms with van der Waals surface area (Å²) in [6, 6.07) is 0.506. The fraction of sp³-hybridized carbons (Fsp3) is 1.00. The maximum atomic E-state index is 5.27. The Morgan fingerprint density at radius 1 is 1.22 bits per heavy atom. The van der Waals surface area contributed by atoms with Gasteiger partial charge in [0.15, 0.2) is 0 Å². The fourth-order valence-corrected chi connectivity index (χ4v) is 3.30. The van der Waals surface area contributed by atoms with E-state index in [1.165, 1.54) is 45.1 Å². The standard InChI is InChI=1S/C15H32N2O/c1-14(11-18-4)17(3)13-15(12-16-2)9-7-5-6-8-10-15/h14,16H,5-13H2,1-4H3. The van der Waals surface area contributed by atoms with Gasteiger partial charge < -0.3 is 15.0 Å². The van der Waals surface area contributed by atoms with Crippen LogP contribution in [0.1, 0.15) is 45.4 Å². The molecule has 3 heteroatoms. The molecule has 108 valence electrons.